The van der Waals surface area contributed by atoms with Crippen LogP contribution in [-0.2, 0) is 0 Å². The van der Waals surface area contributed by atoms with Gasteiger partial charge in [-0.25, -0.2) is 0 Å². The van der Waals surface area contributed by atoms with Gasteiger partial charge in [0.2, 0.25) is 0 Å². The number of phenolic OH excluding ortho intramolecular Hbond substituents is 2. The standard InChI is InChI=1S/C24H22O2/c25-22-13-10-18(11-14-22)17-6-8-19(9-7-17)21-12-15-24(26)23(16-21)20-4-2-1-3-5-20/h1-5,8,10-17,25-26H,6-7,9H2. The minimum Gasteiger partial charge on any atom is -0.508 e. The molecule has 2 nitrogen and oxygen atoms in total. The fourth-order valence-corrected chi connectivity index (χ4v) is 3.73. The van der Waals surface area contributed by atoms with E-state index in [4.69, 9.17) is 0 Å². The molecule has 0 spiro atoms. The van der Waals surface area contributed by atoms with Crippen molar-refractivity contribution in [1.29, 1.82) is 0 Å². The SMILES string of the molecule is Oc1ccc(C2CC=C(c3ccc(O)c(-c4ccccc4)c3)CC2)cc1. The van der Waals surface area contributed by atoms with Gasteiger partial charge in [0.1, 0.15) is 11.5 Å². The number of benzene rings is 3. The normalized spacial score (nSPS) is 16.9. The van der Waals surface area contributed by atoms with Gasteiger partial charge < -0.3 is 10.2 Å². The van der Waals surface area contributed by atoms with Crippen molar-refractivity contribution in [3.63, 3.8) is 0 Å². The summed E-state index contributed by atoms with van der Waals surface area (Å²) in [5.74, 6) is 1.14. The van der Waals surface area contributed by atoms with E-state index in [1.165, 1.54) is 16.7 Å². The van der Waals surface area contributed by atoms with E-state index in [2.05, 4.69) is 12.1 Å². The van der Waals surface area contributed by atoms with Gasteiger partial charge in [-0.05, 0) is 71.7 Å². The molecule has 0 bridgehead atoms. The van der Waals surface area contributed by atoms with E-state index in [0.717, 1.165) is 30.4 Å². The molecule has 1 aliphatic rings. The number of rotatable bonds is 3. The Balaban J connectivity index is 1.58. The first kappa shape index (κ1) is 16.5. The van der Waals surface area contributed by atoms with E-state index in [0.29, 0.717) is 17.4 Å². The van der Waals surface area contributed by atoms with Gasteiger partial charge in [-0.2, -0.15) is 0 Å². The third-order valence-corrected chi connectivity index (χ3v) is 5.23. The molecule has 26 heavy (non-hydrogen) atoms. The van der Waals surface area contributed by atoms with Gasteiger partial charge in [-0.3, -0.25) is 0 Å². The third kappa shape index (κ3) is 3.36. The highest BCUT2D eigenvalue weighted by Crippen LogP contribution is 2.38. The monoisotopic (exact) mass is 342 g/mol. The average Bonchev–Trinajstić information content (AvgIpc) is 2.70. The van der Waals surface area contributed by atoms with Gasteiger partial charge in [-0.15, -0.1) is 0 Å². The first-order valence-corrected chi connectivity index (χ1v) is 9.07. The lowest BCUT2D eigenvalue weighted by Gasteiger charge is -2.23. The molecule has 0 fully saturated rings. The first-order chi connectivity index (χ1) is 12.7. The lowest BCUT2D eigenvalue weighted by atomic mass is 9.82. The van der Waals surface area contributed by atoms with Crippen molar-refractivity contribution in [1.82, 2.24) is 0 Å². The zero-order valence-corrected chi connectivity index (χ0v) is 14.6. The lowest BCUT2D eigenvalue weighted by Crippen LogP contribution is -2.04. The van der Waals surface area contributed by atoms with Crippen molar-refractivity contribution < 1.29 is 10.2 Å². The summed E-state index contributed by atoms with van der Waals surface area (Å²) in [7, 11) is 0. The van der Waals surface area contributed by atoms with Crippen LogP contribution in [0, 0.1) is 0 Å². The van der Waals surface area contributed by atoms with Crippen LogP contribution in [0.25, 0.3) is 16.7 Å². The summed E-state index contributed by atoms with van der Waals surface area (Å²) in [5, 5.41) is 19.7. The summed E-state index contributed by atoms with van der Waals surface area (Å²) >= 11 is 0. The molecule has 0 saturated heterocycles. The predicted octanol–water partition coefficient (Wildman–Crippen LogP) is 6.12. The fourth-order valence-electron chi connectivity index (χ4n) is 3.73. The van der Waals surface area contributed by atoms with Crippen molar-refractivity contribution in [3.05, 3.63) is 90.0 Å². The zero-order valence-electron chi connectivity index (χ0n) is 14.6. The Morgan fingerprint density at radius 1 is 0.769 bits per heavy atom. The number of allylic oxidation sites excluding steroid dienone is 2. The topological polar surface area (TPSA) is 40.5 Å². The minimum absolute atomic E-state index is 0.318. The van der Waals surface area contributed by atoms with Crippen LogP contribution < -0.4 is 0 Å². The Bertz CT molecular complexity index is 924. The minimum atomic E-state index is 0.318. The van der Waals surface area contributed by atoms with Crippen molar-refractivity contribution in [2.75, 3.05) is 0 Å². The first-order valence-electron chi connectivity index (χ1n) is 9.07. The molecule has 1 aliphatic carbocycles. The molecular weight excluding hydrogens is 320 g/mol. The summed E-state index contributed by atoms with van der Waals surface area (Å²) in [6, 6.07) is 23.5. The Morgan fingerprint density at radius 3 is 2.23 bits per heavy atom. The highest BCUT2D eigenvalue weighted by molar-refractivity contribution is 5.77. The van der Waals surface area contributed by atoms with Gasteiger partial charge >= 0.3 is 0 Å². The second-order valence-electron chi connectivity index (χ2n) is 6.89. The Kier molecular flexibility index (Phi) is 4.49. The van der Waals surface area contributed by atoms with Crippen LogP contribution in [0.4, 0.5) is 0 Å². The van der Waals surface area contributed by atoms with E-state index >= 15 is 0 Å². The van der Waals surface area contributed by atoms with E-state index in [-0.39, 0.29) is 0 Å². The van der Waals surface area contributed by atoms with Crippen LogP contribution >= 0.6 is 0 Å². The van der Waals surface area contributed by atoms with Crippen LogP contribution in [0.2, 0.25) is 0 Å². The van der Waals surface area contributed by atoms with Crippen LogP contribution in [0.5, 0.6) is 11.5 Å². The number of phenols is 2. The van der Waals surface area contributed by atoms with E-state index in [1.54, 1.807) is 18.2 Å². The van der Waals surface area contributed by atoms with Crippen LogP contribution in [0.15, 0.2) is 78.9 Å². The quantitative estimate of drug-likeness (QED) is 0.602. The van der Waals surface area contributed by atoms with Crippen molar-refractivity contribution >= 4 is 5.57 Å². The molecule has 0 heterocycles. The Labute approximate surface area is 154 Å². The lowest BCUT2D eigenvalue weighted by molar-refractivity contribution is 0.474. The fraction of sp³-hybridized carbons (Fsp3) is 0.167. The number of hydrogen-bond acceptors (Lipinski definition) is 2. The molecule has 3 aromatic rings. The second-order valence-corrected chi connectivity index (χ2v) is 6.89. The summed E-state index contributed by atoms with van der Waals surface area (Å²) in [6.07, 6.45) is 5.44. The third-order valence-electron chi connectivity index (χ3n) is 5.23. The summed E-state index contributed by atoms with van der Waals surface area (Å²) < 4.78 is 0. The van der Waals surface area contributed by atoms with Crippen molar-refractivity contribution in [2.45, 2.75) is 25.2 Å². The molecule has 1 unspecified atom stereocenters. The number of hydrogen-bond donors (Lipinski definition) is 2. The van der Waals surface area contributed by atoms with Crippen LogP contribution in [-0.4, -0.2) is 10.2 Å². The van der Waals surface area contributed by atoms with Gasteiger partial charge in [0.25, 0.3) is 0 Å². The molecule has 0 aliphatic heterocycles. The maximum absolute atomic E-state index is 10.3. The highest BCUT2D eigenvalue weighted by Gasteiger charge is 2.18. The molecule has 2 heteroatoms. The molecular formula is C24H22O2. The maximum atomic E-state index is 10.3. The van der Waals surface area contributed by atoms with E-state index in [1.807, 2.05) is 48.5 Å². The second kappa shape index (κ2) is 7.09. The number of aromatic hydroxyl groups is 2. The molecule has 1 atom stereocenters. The predicted molar refractivity (Wildman–Crippen MR) is 106 cm³/mol. The molecule has 0 amide bonds. The highest BCUT2D eigenvalue weighted by atomic mass is 16.3. The molecule has 130 valence electrons. The summed E-state index contributed by atoms with van der Waals surface area (Å²) in [5.41, 5.74) is 5.73. The van der Waals surface area contributed by atoms with Gasteiger partial charge in [0, 0.05) is 5.56 Å². The summed E-state index contributed by atoms with van der Waals surface area (Å²) in [4.78, 5) is 0. The van der Waals surface area contributed by atoms with Gasteiger partial charge in [-0.1, -0.05) is 54.6 Å². The average molecular weight is 342 g/mol. The van der Waals surface area contributed by atoms with Crippen LogP contribution in [0.1, 0.15) is 36.3 Å². The molecule has 0 aromatic heterocycles. The van der Waals surface area contributed by atoms with Crippen LogP contribution in [0.3, 0.4) is 0 Å². The molecule has 0 saturated carbocycles. The molecule has 4 rings (SSSR count). The van der Waals surface area contributed by atoms with Crippen molar-refractivity contribution in [2.24, 2.45) is 0 Å². The smallest absolute Gasteiger partial charge is 0.123 e. The Morgan fingerprint density at radius 2 is 1.54 bits per heavy atom. The Hall–Kier alpha value is -3.00. The van der Waals surface area contributed by atoms with Gasteiger partial charge in [0.05, 0.1) is 0 Å². The molecule has 3 aromatic carbocycles. The van der Waals surface area contributed by atoms with E-state index < -0.39 is 0 Å². The molecule has 2 N–H and O–H groups in total. The molecule has 0 radical (unpaired) electrons. The summed E-state index contributed by atoms with van der Waals surface area (Å²) in [6.45, 7) is 0. The van der Waals surface area contributed by atoms with Crippen molar-refractivity contribution in [3.8, 4) is 22.6 Å². The van der Waals surface area contributed by atoms with Gasteiger partial charge in [0.15, 0.2) is 0 Å². The van der Waals surface area contributed by atoms with E-state index in [9.17, 15) is 10.2 Å². The maximum Gasteiger partial charge on any atom is 0.123 e. The largest absolute Gasteiger partial charge is 0.508 e. The zero-order chi connectivity index (χ0) is 17.9.